The van der Waals surface area contributed by atoms with Crippen LogP contribution in [-0.4, -0.2) is 15.4 Å². The van der Waals surface area contributed by atoms with Crippen LogP contribution in [0.1, 0.15) is 23.9 Å². The van der Waals surface area contributed by atoms with Gasteiger partial charge < -0.3 is 19.7 Å². The summed E-state index contributed by atoms with van der Waals surface area (Å²) in [5.41, 5.74) is 16.7. The van der Waals surface area contributed by atoms with Gasteiger partial charge in [-0.05, 0) is 31.9 Å². The first kappa shape index (κ1) is 17.4. The zero-order chi connectivity index (χ0) is 18.7. The highest BCUT2D eigenvalue weighted by Gasteiger charge is 2.13. The number of ether oxygens (including phenoxy) is 1. The van der Waals surface area contributed by atoms with E-state index in [2.05, 4.69) is 10.3 Å². The Morgan fingerprint density at radius 3 is 2.88 bits per heavy atom. The largest absolute Gasteiger partial charge is 0.427 e. The van der Waals surface area contributed by atoms with Gasteiger partial charge in [-0.15, -0.1) is 0 Å². The maximum absolute atomic E-state index is 11.1. The zero-order valence-corrected chi connectivity index (χ0v) is 14.5. The Hall–Kier alpha value is -3.42. The summed E-state index contributed by atoms with van der Waals surface area (Å²) in [5, 5.41) is 2.98. The van der Waals surface area contributed by atoms with Gasteiger partial charge in [0.1, 0.15) is 11.4 Å². The SMILES string of the molecule is CC(=O)Oc1ccn2c(C)c(CCc3cccc(N)c3ON=N)nc2c1. The predicted molar refractivity (Wildman–Crippen MR) is 95.3 cm³/mol. The molecule has 0 saturated heterocycles. The second-order valence-corrected chi connectivity index (χ2v) is 5.85. The molecule has 3 N–H and O–H groups in total. The van der Waals surface area contributed by atoms with Crippen LogP contribution < -0.4 is 15.3 Å². The molecule has 3 rings (SSSR count). The number of pyridine rings is 1. The molecule has 0 fully saturated rings. The zero-order valence-electron chi connectivity index (χ0n) is 14.5. The Balaban J connectivity index is 1.85. The quantitative estimate of drug-likeness (QED) is 0.305. The number of aryl methyl sites for hydroxylation is 3. The lowest BCUT2D eigenvalue weighted by Gasteiger charge is -2.08. The third-order valence-electron chi connectivity index (χ3n) is 4.09. The molecule has 0 aliphatic carbocycles. The first-order valence-electron chi connectivity index (χ1n) is 8.06. The summed E-state index contributed by atoms with van der Waals surface area (Å²) in [6.45, 7) is 3.34. The Bertz CT molecular complexity index is 980. The number of carbonyl (C=O) groups is 1. The average Bonchev–Trinajstić information content (AvgIpc) is 2.90. The number of anilines is 1. The van der Waals surface area contributed by atoms with E-state index in [4.69, 9.17) is 20.8 Å². The van der Waals surface area contributed by atoms with E-state index in [0.717, 1.165) is 17.0 Å². The number of carbonyl (C=O) groups excluding carboxylic acids is 1. The molecule has 0 aliphatic rings. The van der Waals surface area contributed by atoms with Crippen molar-refractivity contribution in [2.75, 3.05) is 5.73 Å². The van der Waals surface area contributed by atoms with Crippen molar-refractivity contribution >= 4 is 17.3 Å². The molecule has 0 spiro atoms. The van der Waals surface area contributed by atoms with Crippen LogP contribution in [0, 0.1) is 12.5 Å². The number of aromatic nitrogens is 2. The lowest BCUT2D eigenvalue weighted by molar-refractivity contribution is -0.131. The Kier molecular flexibility index (Phi) is 4.83. The molecule has 3 aromatic rings. The van der Waals surface area contributed by atoms with Crippen molar-refractivity contribution in [3.8, 4) is 11.5 Å². The molecule has 0 bridgehead atoms. The molecule has 26 heavy (non-hydrogen) atoms. The maximum Gasteiger partial charge on any atom is 0.308 e. The third kappa shape index (κ3) is 3.49. The third-order valence-corrected chi connectivity index (χ3v) is 4.09. The van der Waals surface area contributed by atoms with Crippen molar-refractivity contribution in [2.45, 2.75) is 26.7 Å². The molecule has 8 heteroatoms. The van der Waals surface area contributed by atoms with Crippen LogP contribution in [0.3, 0.4) is 0 Å². The van der Waals surface area contributed by atoms with Crippen molar-refractivity contribution in [1.82, 2.24) is 9.38 Å². The predicted octanol–water partition coefficient (Wildman–Crippen LogP) is 3.26. The molecule has 0 unspecified atom stereocenters. The van der Waals surface area contributed by atoms with Crippen LogP contribution in [0.25, 0.3) is 5.65 Å². The number of benzene rings is 1. The topological polar surface area (TPSA) is 115 Å². The second kappa shape index (κ2) is 7.22. The highest BCUT2D eigenvalue weighted by Crippen LogP contribution is 2.28. The fourth-order valence-corrected chi connectivity index (χ4v) is 2.88. The fourth-order valence-electron chi connectivity index (χ4n) is 2.88. The van der Waals surface area contributed by atoms with Crippen molar-refractivity contribution in [1.29, 1.82) is 5.53 Å². The number of hydrogen-bond acceptors (Lipinski definition) is 7. The van der Waals surface area contributed by atoms with Gasteiger partial charge in [0.05, 0.1) is 11.4 Å². The van der Waals surface area contributed by atoms with E-state index < -0.39 is 0 Å². The molecular formula is C18H19N5O3. The molecule has 0 radical (unpaired) electrons. The highest BCUT2D eigenvalue weighted by molar-refractivity contribution is 5.69. The number of nitrogen functional groups attached to an aromatic ring is 1. The van der Waals surface area contributed by atoms with Crippen LogP contribution in [0.5, 0.6) is 11.5 Å². The van der Waals surface area contributed by atoms with Crippen LogP contribution in [-0.2, 0) is 17.6 Å². The molecule has 1 aromatic carbocycles. The van der Waals surface area contributed by atoms with Crippen LogP contribution in [0.15, 0.2) is 41.8 Å². The van der Waals surface area contributed by atoms with Crippen molar-refractivity contribution in [3.05, 3.63) is 53.5 Å². The molecule has 8 nitrogen and oxygen atoms in total. The number of nitrogens with two attached hydrogens (primary N) is 1. The van der Waals surface area contributed by atoms with Crippen molar-refractivity contribution < 1.29 is 14.4 Å². The van der Waals surface area contributed by atoms with E-state index in [1.165, 1.54) is 6.92 Å². The number of nitrogens with zero attached hydrogens (tertiary/aromatic N) is 3. The van der Waals surface area contributed by atoms with Gasteiger partial charge in [0, 0.05) is 35.7 Å². The molecular weight excluding hydrogens is 334 g/mol. The monoisotopic (exact) mass is 353 g/mol. The van der Waals surface area contributed by atoms with E-state index in [-0.39, 0.29) is 5.97 Å². The summed E-state index contributed by atoms with van der Waals surface area (Å²) in [7, 11) is 0. The van der Waals surface area contributed by atoms with Gasteiger partial charge in [-0.1, -0.05) is 12.1 Å². The molecule has 2 heterocycles. The molecule has 0 saturated carbocycles. The Morgan fingerprint density at radius 1 is 1.35 bits per heavy atom. The lowest BCUT2D eigenvalue weighted by atomic mass is 10.1. The molecule has 0 amide bonds. The minimum Gasteiger partial charge on any atom is -0.427 e. The number of esters is 1. The smallest absolute Gasteiger partial charge is 0.308 e. The van der Waals surface area contributed by atoms with E-state index in [1.54, 1.807) is 18.2 Å². The molecule has 0 aliphatic heterocycles. The van der Waals surface area contributed by atoms with E-state index in [0.29, 0.717) is 35.7 Å². The van der Waals surface area contributed by atoms with E-state index in [1.807, 2.05) is 29.7 Å². The molecule has 2 aromatic heterocycles. The first-order chi connectivity index (χ1) is 12.5. The van der Waals surface area contributed by atoms with Gasteiger partial charge in [0.2, 0.25) is 0 Å². The van der Waals surface area contributed by atoms with Crippen molar-refractivity contribution in [3.63, 3.8) is 0 Å². The average molecular weight is 353 g/mol. The minimum absolute atomic E-state index is 0.369. The first-order valence-corrected chi connectivity index (χ1v) is 8.06. The Morgan fingerprint density at radius 2 is 2.15 bits per heavy atom. The molecule has 134 valence electrons. The van der Waals surface area contributed by atoms with Crippen LogP contribution in [0.4, 0.5) is 5.69 Å². The highest BCUT2D eigenvalue weighted by atomic mass is 16.6. The number of rotatable bonds is 6. The van der Waals surface area contributed by atoms with Gasteiger partial charge in [0.25, 0.3) is 0 Å². The number of hydrogen-bond donors (Lipinski definition) is 2. The van der Waals surface area contributed by atoms with Gasteiger partial charge in [-0.25, -0.2) is 4.98 Å². The van der Waals surface area contributed by atoms with Crippen LogP contribution >= 0.6 is 0 Å². The fraction of sp³-hybridized carbons (Fsp3) is 0.222. The summed E-state index contributed by atoms with van der Waals surface area (Å²) >= 11 is 0. The summed E-state index contributed by atoms with van der Waals surface area (Å²) in [5.74, 6) is 0.498. The number of nitrogens with one attached hydrogen (secondary N) is 1. The second-order valence-electron chi connectivity index (χ2n) is 5.85. The maximum atomic E-state index is 11.1. The summed E-state index contributed by atoms with van der Waals surface area (Å²) in [6, 6.07) is 8.89. The number of imidazole rings is 1. The van der Waals surface area contributed by atoms with Gasteiger partial charge in [-0.3, -0.25) is 4.79 Å². The summed E-state index contributed by atoms with van der Waals surface area (Å²) in [6.07, 6.45) is 3.12. The van der Waals surface area contributed by atoms with Crippen molar-refractivity contribution in [2.24, 2.45) is 5.28 Å². The van der Waals surface area contributed by atoms with Gasteiger partial charge >= 0.3 is 5.97 Å². The number of para-hydroxylation sites is 1. The molecule has 0 atom stereocenters. The van der Waals surface area contributed by atoms with Gasteiger partial charge in [0.15, 0.2) is 5.75 Å². The summed E-state index contributed by atoms with van der Waals surface area (Å²) < 4.78 is 7.05. The number of fused-ring (bicyclic) bond motifs is 1. The van der Waals surface area contributed by atoms with Crippen LogP contribution in [0.2, 0.25) is 0 Å². The lowest BCUT2D eigenvalue weighted by Crippen LogP contribution is -2.01. The summed E-state index contributed by atoms with van der Waals surface area (Å²) in [4.78, 5) is 20.7. The normalized spacial score (nSPS) is 10.7. The minimum atomic E-state index is -0.369. The standard InChI is InChI=1S/C18H19N5O3/c1-11-16(7-6-13-4-3-5-15(19)18(13)26-22-20)21-17-10-14(25-12(2)24)8-9-23(11)17/h3-5,8-10,20H,6-7,19H2,1-2H3. The Labute approximate surface area is 150 Å². The van der Waals surface area contributed by atoms with E-state index >= 15 is 0 Å². The van der Waals surface area contributed by atoms with Gasteiger partial charge in [-0.2, -0.15) is 5.53 Å². The van der Waals surface area contributed by atoms with E-state index in [9.17, 15) is 4.79 Å².